The van der Waals surface area contributed by atoms with E-state index in [1.807, 2.05) is 66.7 Å². The standard InChI is InChI=1S/C22H23NO3/c24-21(20-9-5-2-6-10-20)12-11-18-13-15-23(16-14-18)22(25)26-17-19-7-3-1-4-8-19/h1-12,18H,13-17H2/b12-11+. The molecule has 1 amide bonds. The summed E-state index contributed by atoms with van der Waals surface area (Å²) in [6.07, 6.45) is 5.06. The Hall–Kier alpha value is -2.88. The first kappa shape index (κ1) is 17.9. The van der Waals surface area contributed by atoms with E-state index in [1.165, 1.54) is 0 Å². The van der Waals surface area contributed by atoms with Gasteiger partial charge in [-0.25, -0.2) is 4.79 Å². The highest BCUT2D eigenvalue weighted by atomic mass is 16.6. The first-order valence-electron chi connectivity index (χ1n) is 8.95. The molecule has 0 aliphatic carbocycles. The van der Waals surface area contributed by atoms with Crippen molar-refractivity contribution >= 4 is 11.9 Å². The summed E-state index contributed by atoms with van der Waals surface area (Å²) in [5.41, 5.74) is 1.68. The zero-order chi connectivity index (χ0) is 18.2. The van der Waals surface area contributed by atoms with Gasteiger partial charge >= 0.3 is 6.09 Å². The van der Waals surface area contributed by atoms with Gasteiger partial charge in [0.05, 0.1) is 0 Å². The Kier molecular flexibility index (Phi) is 6.20. The number of amides is 1. The average Bonchev–Trinajstić information content (AvgIpc) is 2.72. The van der Waals surface area contributed by atoms with Crippen LogP contribution in [0, 0.1) is 5.92 Å². The summed E-state index contributed by atoms with van der Waals surface area (Å²) in [6, 6.07) is 18.9. The second-order valence-corrected chi connectivity index (χ2v) is 6.45. The SMILES string of the molecule is O=C(/C=C/C1CCN(C(=O)OCc2ccccc2)CC1)c1ccccc1. The number of piperidine rings is 1. The molecule has 0 bridgehead atoms. The molecular weight excluding hydrogens is 326 g/mol. The molecule has 0 saturated carbocycles. The van der Waals surface area contributed by atoms with E-state index in [1.54, 1.807) is 11.0 Å². The number of hydrogen-bond acceptors (Lipinski definition) is 3. The fourth-order valence-electron chi connectivity index (χ4n) is 3.01. The van der Waals surface area contributed by atoms with E-state index < -0.39 is 0 Å². The van der Waals surface area contributed by atoms with Crippen LogP contribution in [0.2, 0.25) is 0 Å². The van der Waals surface area contributed by atoms with E-state index in [9.17, 15) is 9.59 Å². The van der Waals surface area contributed by atoms with Crippen LogP contribution in [0.4, 0.5) is 4.79 Å². The number of likely N-dealkylation sites (tertiary alicyclic amines) is 1. The molecule has 0 radical (unpaired) electrons. The summed E-state index contributed by atoms with van der Waals surface area (Å²) in [4.78, 5) is 26.0. The Labute approximate surface area is 154 Å². The number of nitrogens with zero attached hydrogens (tertiary/aromatic N) is 1. The van der Waals surface area contributed by atoms with Crippen molar-refractivity contribution in [2.24, 2.45) is 5.92 Å². The number of hydrogen-bond donors (Lipinski definition) is 0. The summed E-state index contributed by atoms with van der Waals surface area (Å²) in [6.45, 7) is 1.61. The monoisotopic (exact) mass is 349 g/mol. The first-order valence-corrected chi connectivity index (χ1v) is 8.95. The molecule has 1 aliphatic rings. The van der Waals surface area contributed by atoms with Crippen LogP contribution in [-0.2, 0) is 11.3 Å². The maximum absolute atomic E-state index is 12.2. The fraction of sp³-hybridized carbons (Fsp3) is 0.273. The van der Waals surface area contributed by atoms with Crippen molar-refractivity contribution in [3.63, 3.8) is 0 Å². The van der Waals surface area contributed by atoms with Crippen molar-refractivity contribution in [3.05, 3.63) is 83.9 Å². The van der Waals surface area contributed by atoms with Crippen molar-refractivity contribution in [2.45, 2.75) is 19.4 Å². The molecule has 0 atom stereocenters. The molecule has 1 aliphatic heterocycles. The number of ether oxygens (including phenoxy) is 1. The van der Waals surface area contributed by atoms with Gasteiger partial charge in [-0.3, -0.25) is 4.79 Å². The molecule has 0 N–H and O–H groups in total. The molecule has 1 saturated heterocycles. The third-order valence-electron chi connectivity index (χ3n) is 4.58. The van der Waals surface area contributed by atoms with Crippen LogP contribution >= 0.6 is 0 Å². The molecule has 3 rings (SSSR count). The maximum atomic E-state index is 12.2. The Bertz CT molecular complexity index is 747. The Balaban J connectivity index is 1.43. The van der Waals surface area contributed by atoms with Crippen LogP contribution in [0.5, 0.6) is 0 Å². The lowest BCUT2D eigenvalue weighted by Crippen LogP contribution is -2.38. The number of carbonyl (C=O) groups excluding carboxylic acids is 2. The summed E-state index contributed by atoms with van der Waals surface area (Å²) in [5, 5.41) is 0. The minimum atomic E-state index is -0.267. The maximum Gasteiger partial charge on any atom is 0.410 e. The molecule has 0 spiro atoms. The topological polar surface area (TPSA) is 46.6 Å². The predicted molar refractivity (Wildman–Crippen MR) is 101 cm³/mol. The second-order valence-electron chi connectivity index (χ2n) is 6.45. The normalized spacial score (nSPS) is 15.2. The molecule has 1 fully saturated rings. The Morgan fingerprint density at radius 1 is 0.962 bits per heavy atom. The molecule has 4 nitrogen and oxygen atoms in total. The molecule has 134 valence electrons. The van der Waals surface area contributed by atoms with Crippen molar-refractivity contribution in [2.75, 3.05) is 13.1 Å². The Morgan fingerprint density at radius 2 is 1.58 bits per heavy atom. The predicted octanol–water partition coefficient (Wildman–Crippen LogP) is 4.47. The average molecular weight is 349 g/mol. The van der Waals surface area contributed by atoms with Crippen LogP contribution in [0.15, 0.2) is 72.8 Å². The van der Waals surface area contributed by atoms with Gasteiger partial charge < -0.3 is 9.64 Å². The van der Waals surface area contributed by atoms with Gasteiger partial charge in [-0.15, -0.1) is 0 Å². The molecule has 0 aromatic heterocycles. The van der Waals surface area contributed by atoms with Crippen LogP contribution in [0.1, 0.15) is 28.8 Å². The van der Waals surface area contributed by atoms with Gasteiger partial charge in [0, 0.05) is 18.7 Å². The molecule has 2 aromatic carbocycles. The van der Waals surface area contributed by atoms with E-state index in [0.717, 1.165) is 18.4 Å². The fourth-order valence-corrected chi connectivity index (χ4v) is 3.01. The first-order chi connectivity index (χ1) is 12.7. The lowest BCUT2D eigenvalue weighted by Gasteiger charge is -2.29. The Morgan fingerprint density at radius 3 is 2.23 bits per heavy atom. The van der Waals surface area contributed by atoms with Crippen molar-refractivity contribution < 1.29 is 14.3 Å². The van der Waals surface area contributed by atoms with Crippen LogP contribution in [-0.4, -0.2) is 29.9 Å². The van der Waals surface area contributed by atoms with Gasteiger partial charge in [0.1, 0.15) is 6.61 Å². The smallest absolute Gasteiger partial charge is 0.410 e. The third-order valence-corrected chi connectivity index (χ3v) is 4.58. The van der Waals surface area contributed by atoms with Gasteiger partial charge in [0.2, 0.25) is 0 Å². The lowest BCUT2D eigenvalue weighted by molar-refractivity contribution is 0.0852. The van der Waals surface area contributed by atoms with E-state index in [0.29, 0.717) is 31.2 Å². The van der Waals surface area contributed by atoms with Gasteiger partial charge in [0.15, 0.2) is 5.78 Å². The lowest BCUT2D eigenvalue weighted by atomic mass is 9.96. The summed E-state index contributed by atoms with van der Waals surface area (Å²) < 4.78 is 5.37. The van der Waals surface area contributed by atoms with Gasteiger partial charge in [0.25, 0.3) is 0 Å². The van der Waals surface area contributed by atoms with Crippen molar-refractivity contribution in [1.82, 2.24) is 4.90 Å². The van der Waals surface area contributed by atoms with Crippen molar-refractivity contribution in [1.29, 1.82) is 0 Å². The molecule has 26 heavy (non-hydrogen) atoms. The molecule has 4 heteroatoms. The number of ketones is 1. The minimum absolute atomic E-state index is 0.0234. The third kappa shape index (κ3) is 5.06. The molecule has 1 heterocycles. The minimum Gasteiger partial charge on any atom is -0.445 e. The van der Waals surface area contributed by atoms with Gasteiger partial charge in [-0.1, -0.05) is 66.7 Å². The zero-order valence-corrected chi connectivity index (χ0v) is 14.7. The van der Waals surface area contributed by atoms with E-state index in [2.05, 4.69) is 0 Å². The largest absolute Gasteiger partial charge is 0.445 e. The second kappa shape index (κ2) is 8.99. The molecule has 0 unspecified atom stereocenters. The highest BCUT2D eigenvalue weighted by Crippen LogP contribution is 2.19. The molecular formula is C22H23NO3. The van der Waals surface area contributed by atoms with E-state index >= 15 is 0 Å². The number of benzene rings is 2. The van der Waals surface area contributed by atoms with Crippen LogP contribution in [0.25, 0.3) is 0 Å². The highest BCUT2D eigenvalue weighted by Gasteiger charge is 2.22. The van der Waals surface area contributed by atoms with E-state index in [-0.39, 0.29) is 11.9 Å². The number of allylic oxidation sites excluding steroid dienone is 2. The quantitative estimate of drug-likeness (QED) is 0.591. The highest BCUT2D eigenvalue weighted by molar-refractivity contribution is 6.04. The van der Waals surface area contributed by atoms with E-state index in [4.69, 9.17) is 4.74 Å². The summed E-state index contributed by atoms with van der Waals surface area (Å²) >= 11 is 0. The van der Waals surface area contributed by atoms with Crippen LogP contribution in [0.3, 0.4) is 0 Å². The summed E-state index contributed by atoms with van der Waals surface area (Å²) in [7, 11) is 0. The van der Waals surface area contributed by atoms with Gasteiger partial charge in [-0.2, -0.15) is 0 Å². The number of carbonyl (C=O) groups is 2. The van der Waals surface area contributed by atoms with Crippen molar-refractivity contribution in [3.8, 4) is 0 Å². The van der Waals surface area contributed by atoms with Gasteiger partial charge in [-0.05, 0) is 30.4 Å². The number of rotatable bonds is 5. The van der Waals surface area contributed by atoms with Crippen LogP contribution < -0.4 is 0 Å². The molecule has 2 aromatic rings. The zero-order valence-electron chi connectivity index (χ0n) is 14.7. The summed E-state index contributed by atoms with van der Waals surface area (Å²) in [5.74, 6) is 0.344.